The summed E-state index contributed by atoms with van der Waals surface area (Å²) < 4.78 is 38.2. The highest BCUT2D eigenvalue weighted by atomic mass is 19.2. The molecule has 0 aliphatic heterocycles. The summed E-state index contributed by atoms with van der Waals surface area (Å²) in [4.78, 5) is 0. The summed E-state index contributed by atoms with van der Waals surface area (Å²) in [7, 11) is 0. The first-order chi connectivity index (χ1) is 6.56. The van der Waals surface area contributed by atoms with Gasteiger partial charge in [0.05, 0.1) is 6.10 Å². The molecule has 0 radical (unpaired) electrons. The van der Waals surface area contributed by atoms with E-state index in [0.29, 0.717) is 12.1 Å². The molecule has 0 fully saturated rings. The first-order valence-corrected chi connectivity index (χ1v) is 3.99. The average Bonchev–Trinajstić information content (AvgIpc) is 2.11. The molecule has 0 spiro atoms. The summed E-state index contributed by atoms with van der Waals surface area (Å²) in [6, 6.07) is 1.07. The Labute approximate surface area is 79.5 Å². The van der Waals surface area contributed by atoms with Crippen molar-refractivity contribution >= 4 is 0 Å². The summed E-state index contributed by atoms with van der Waals surface area (Å²) in [6.45, 7) is 3.35. The fraction of sp³-hybridized carbons (Fsp3) is 0.200. The third-order valence-corrected chi connectivity index (χ3v) is 1.79. The minimum absolute atomic E-state index is 0.0853. The van der Waals surface area contributed by atoms with Crippen LogP contribution in [-0.4, -0.2) is 5.11 Å². The number of hydrogen-bond donors (Lipinski definition) is 1. The zero-order chi connectivity index (χ0) is 10.7. The maximum atomic E-state index is 13.0. The summed E-state index contributed by atoms with van der Waals surface area (Å²) in [6.07, 6.45) is 0.260. The summed E-state index contributed by atoms with van der Waals surface area (Å²) in [5, 5.41) is 9.32. The van der Waals surface area contributed by atoms with Gasteiger partial charge in [0.15, 0.2) is 11.6 Å². The van der Waals surface area contributed by atoms with Gasteiger partial charge in [-0.05, 0) is 12.5 Å². The van der Waals surface area contributed by atoms with E-state index < -0.39 is 23.6 Å². The Balaban J connectivity index is 3.08. The van der Waals surface area contributed by atoms with E-state index >= 15 is 0 Å². The lowest BCUT2D eigenvalue weighted by Gasteiger charge is -2.09. The molecule has 76 valence electrons. The zero-order valence-corrected chi connectivity index (χ0v) is 7.30. The maximum absolute atomic E-state index is 13.0. The van der Waals surface area contributed by atoms with Crippen molar-refractivity contribution in [1.82, 2.24) is 0 Å². The Kier molecular flexibility index (Phi) is 3.30. The Hall–Kier alpha value is -1.29. The highest BCUT2D eigenvalue weighted by Crippen LogP contribution is 2.22. The van der Waals surface area contributed by atoms with Gasteiger partial charge in [0.2, 0.25) is 0 Å². The second-order valence-electron chi connectivity index (χ2n) is 2.83. The van der Waals surface area contributed by atoms with E-state index in [1.54, 1.807) is 0 Å². The van der Waals surface area contributed by atoms with Gasteiger partial charge < -0.3 is 5.11 Å². The van der Waals surface area contributed by atoms with Crippen LogP contribution in [0.25, 0.3) is 0 Å². The highest BCUT2D eigenvalue weighted by molar-refractivity contribution is 5.22. The van der Waals surface area contributed by atoms with Crippen molar-refractivity contribution in [2.24, 2.45) is 0 Å². The van der Waals surface area contributed by atoms with Crippen LogP contribution in [0.3, 0.4) is 0 Å². The van der Waals surface area contributed by atoms with E-state index in [1.165, 1.54) is 6.08 Å². The van der Waals surface area contributed by atoms with Crippen molar-refractivity contribution in [1.29, 1.82) is 0 Å². The predicted molar refractivity (Wildman–Crippen MR) is 46.1 cm³/mol. The molecule has 14 heavy (non-hydrogen) atoms. The van der Waals surface area contributed by atoms with E-state index in [0.717, 1.165) is 0 Å². The van der Waals surface area contributed by atoms with E-state index in [9.17, 15) is 18.3 Å². The molecule has 0 saturated carbocycles. The summed E-state index contributed by atoms with van der Waals surface area (Å²) in [5.74, 6) is -3.40. The van der Waals surface area contributed by atoms with Crippen molar-refractivity contribution in [3.63, 3.8) is 0 Å². The monoisotopic (exact) mass is 202 g/mol. The molecule has 1 unspecified atom stereocenters. The predicted octanol–water partition coefficient (Wildman–Crippen LogP) is 2.71. The van der Waals surface area contributed by atoms with Crippen molar-refractivity contribution in [3.8, 4) is 0 Å². The molecule has 0 amide bonds. The van der Waals surface area contributed by atoms with Gasteiger partial charge in [-0.2, -0.15) is 0 Å². The van der Waals surface area contributed by atoms with Crippen molar-refractivity contribution in [2.45, 2.75) is 12.5 Å². The lowest BCUT2D eigenvalue weighted by molar-refractivity contribution is 0.176. The molecule has 0 aliphatic carbocycles. The summed E-state index contributed by atoms with van der Waals surface area (Å²) in [5.41, 5.74) is -0.260. The minimum Gasteiger partial charge on any atom is -0.388 e. The van der Waals surface area contributed by atoms with E-state index in [2.05, 4.69) is 6.58 Å². The molecule has 0 saturated heterocycles. The molecule has 1 rings (SSSR count). The lowest BCUT2D eigenvalue weighted by Crippen LogP contribution is -2.02. The number of hydrogen-bond acceptors (Lipinski definition) is 1. The molecule has 1 aromatic carbocycles. The molecule has 1 N–H and O–H groups in total. The van der Waals surface area contributed by atoms with Crippen LogP contribution in [0.1, 0.15) is 18.1 Å². The first kappa shape index (κ1) is 10.8. The largest absolute Gasteiger partial charge is 0.388 e. The fourth-order valence-corrected chi connectivity index (χ4v) is 1.08. The smallest absolute Gasteiger partial charge is 0.161 e. The lowest BCUT2D eigenvalue weighted by atomic mass is 10.1. The molecule has 0 bridgehead atoms. The highest BCUT2D eigenvalue weighted by Gasteiger charge is 2.15. The molecule has 0 aliphatic rings. The van der Waals surface area contributed by atoms with Gasteiger partial charge in [-0.1, -0.05) is 6.08 Å². The molecule has 0 heterocycles. The van der Waals surface area contributed by atoms with Gasteiger partial charge in [0.1, 0.15) is 5.82 Å². The number of rotatable bonds is 3. The van der Waals surface area contributed by atoms with Crippen LogP contribution in [0.5, 0.6) is 0 Å². The molecule has 0 aromatic heterocycles. The molecule has 4 heteroatoms. The van der Waals surface area contributed by atoms with Crippen molar-refractivity contribution in [2.75, 3.05) is 0 Å². The number of halogens is 3. The van der Waals surface area contributed by atoms with Crippen LogP contribution in [0.4, 0.5) is 13.2 Å². The van der Waals surface area contributed by atoms with Gasteiger partial charge in [0.25, 0.3) is 0 Å². The Morgan fingerprint density at radius 2 is 1.79 bits per heavy atom. The maximum Gasteiger partial charge on any atom is 0.161 e. The average molecular weight is 202 g/mol. The first-order valence-electron chi connectivity index (χ1n) is 3.99. The van der Waals surface area contributed by atoms with Crippen molar-refractivity contribution < 1.29 is 18.3 Å². The summed E-state index contributed by atoms with van der Waals surface area (Å²) >= 11 is 0. The third kappa shape index (κ3) is 2.14. The zero-order valence-electron chi connectivity index (χ0n) is 7.30. The van der Waals surface area contributed by atoms with Crippen molar-refractivity contribution in [3.05, 3.63) is 47.8 Å². The second-order valence-corrected chi connectivity index (χ2v) is 2.83. The van der Waals surface area contributed by atoms with Gasteiger partial charge in [-0.3, -0.25) is 0 Å². The molecule has 1 nitrogen and oxygen atoms in total. The van der Waals surface area contributed by atoms with Gasteiger partial charge in [-0.25, -0.2) is 13.2 Å². The van der Waals surface area contributed by atoms with Crippen LogP contribution < -0.4 is 0 Å². The number of benzene rings is 1. The van der Waals surface area contributed by atoms with Crippen LogP contribution in [-0.2, 0) is 0 Å². The quantitative estimate of drug-likeness (QED) is 0.590. The minimum atomic E-state index is -1.27. The number of aliphatic hydroxyl groups excluding tert-OH is 1. The number of aliphatic hydroxyl groups is 1. The standard InChI is InChI=1S/C10H9F3O/c1-2-3-10(14)6-4-8(12)9(13)5-7(6)11/h2,4-5,10,14H,1,3H2. The van der Waals surface area contributed by atoms with E-state index in [1.807, 2.05) is 0 Å². The fourth-order valence-electron chi connectivity index (χ4n) is 1.08. The van der Waals surface area contributed by atoms with Crippen LogP contribution >= 0.6 is 0 Å². The van der Waals surface area contributed by atoms with Gasteiger partial charge in [0, 0.05) is 11.6 Å². The Morgan fingerprint density at radius 1 is 1.21 bits per heavy atom. The van der Waals surface area contributed by atoms with Crippen LogP contribution in [0.15, 0.2) is 24.8 Å². The normalized spacial score (nSPS) is 12.6. The second kappa shape index (κ2) is 4.28. The topological polar surface area (TPSA) is 20.2 Å². The van der Waals surface area contributed by atoms with E-state index in [4.69, 9.17) is 0 Å². The third-order valence-electron chi connectivity index (χ3n) is 1.79. The molecular formula is C10H9F3O. The Morgan fingerprint density at radius 3 is 2.36 bits per heavy atom. The molecular weight excluding hydrogens is 193 g/mol. The van der Waals surface area contributed by atoms with Crippen LogP contribution in [0, 0.1) is 17.5 Å². The SMILES string of the molecule is C=CCC(O)c1cc(F)c(F)cc1F. The van der Waals surface area contributed by atoms with Gasteiger partial charge >= 0.3 is 0 Å². The van der Waals surface area contributed by atoms with Gasteiger partial charge in [-0.15, -0.1) is 6.58 Å². The molecule has 1 aromatic rings. The Bertz CT molecular complexity index is 349. The van der Waals surface area contributed by atoms with E-state index in [-0.39, 0.29) is 12.0 Å². The molecule has 1 atom stereocenters. The van der Waals surface area contributed by atoms with Crippen LogP contribution in [0.2, 0.25) is 0 Å².